The number of hydrogen-bond donors (Lipinski definition) is 2. The minimum absolute atomic E-state index is 0.0274. The molecule has 2 aliphatic heterocycles. The number of anilines is 1. The number of nitrogens with one attached hydrogen (secondary N) is 2. The molecule has 2 saturated heterocycles. The zero-order valence-corrected chi connectivity index (χ0v) is 19.0. The average molecular weight is 467 g/mol. The molecule has 2 aliphatic rings. The molecule has 0 radical (unpaired) electrons. The Bertz CT molecular complexity index is 1240. The Morgan fingerprint density at radius 1 is 1.18 bits per heavy atom. The van der Waals surface area contributed by atoms with Gasteiger partial charge in [0.15, 0.2) is 0 Å². The fourth-order valence-corrected chi connectivity index (χ4v) is 4.76. The first-order valence-corrected chi connectivity index (χ1v) is 11.5. The van der Waals surface area contributed by atoms with E-state index < -0.39 is 5.82 Å². The molecule has 1 aromatic carbocycles. The molecule has 34 heavy (non-hydrogen) atoms. The third-order valence-electron chi connectivity index (χ3n) is 6.66. The number of halogens is 1. The lowest BCUT2D eigenvalue weighted by Gasteiger charge is -2.42. The molecule has 2 aromatic heterocycles. The molecule has 10 heteroatoms. The lowest BCUT2D eigenvalue weighted by Crippen LogP contribution is -2.53. The van der Waals surface area contributed by atoms with Crippen LogP contribution in [-0.2, 0) is 4.74 Å². The van der Waals surface area contributed by atoms with Gasteiger partial charge in [-0.25, -0.2) is 14.4 Å². The van der Waals surface area contributed by atoms with Crippen LogP contribution in [0.5, 0.6) is 0 Å². The maximum absolute atomic E-state index is 13.5. The van der Waals surface area contributed by atoms with Crippen molar-refractivity contribution in [3.8, 4) is 0 Å². The van der Waals surface area contributed by atoms with Gasteiger partial charge in [0.05, 0.1) is 36.0 Å². The Kier molecular flexibility index (Phi) is 6.25. The first-order chi connectivity index (χ1) is 16.5. The second-order valence-corrected chi connectivity index (χ2v) is 8.74. The number of fused-ring (bicyclic) bond motifs is 1. The first kappa shape index (κ1) is 22.4. The van der Waals surface area contributed by atoms with Crippen LogP contribution in [0, 0.1) is 5.82 Å². The van der Waals surface area contributed by atoms with Crippen molar-refractivity contribution in [2.45, 2.75) is 18.4 Å². The maximum atomic E-state index is 13.5. The predicted octanol–water partition coefficient (Wildman–Crippen LogP) is 1.51. The molecule has 2 fully saturated rings. The maximum Gasteiger partial charge on any atom is 0.269 e. The molecule has 0 bridgehead atoms. The molecule has 178 valence electrons. The molecule has 0 spiro atoms. The van der Waals surface area contributed by atoms with E-state index in [0.717, 1.165) is 38.3 Å². The van der Waals surface area contributed by atoms with E-state index in [1.165, 1.54) is 12.1 Å². The number of aromatic nitrogens is 3. The number of nitrogens with zero attached hydrogens (tertiary/aromatic N) is 4. The van der Waals surface area contributed by atoms with Crippen molar-refractivity contribution in [2.24, 2.45) is 0 Å². The Balaban J connectivity index is 1.23. The number of benzene rings is 1. The Morgan fingerprint density at radius 2 is 2.00 bits per heavy atom. The van der Waals surface area contributed by atoms with Gasteiger partial charge in [-0.15, -0.1) is 0 Å². The smallest absolute Gasteiger partial charge is 0.269 e. The molecule has 5 rings (SSSR count). The molecular weight excluding hydrogens is 439 g/mol. The highest BCUT2D eigenvalue weighted by Crippen LogP contribution is 2.27. The number of amides is 1. The highest BCUT2D eigenvalue weighted by atomic mass is 19.1. The summed E-state index contributed by atoms with van der Waals surface area (Å²) in [5.74, 6) is -0.0846. The van der Waals surface area contributed by atoms with Gasteiger partial charge < -0.3 is 19.9 Å². The van der Waals surface area contributed by atoms with Crippen molar-refractivity contribution in [1.82, 2.24) is 25.2 Å². The van der Waals surface area contributed by atoms with E-state index in [2.05, 4.69) is 30.1 Å². The molecule has 4 heterocycles. The molecule has 3 aromatic rings. The Morgan fingerprint density at radius 3 is 2.74 bits per heavy atom. The topological polar surface area (TPSA) is 103 Å². The monoisotopic (exact) mass is 466 g/mol. The summed E-state index contributed by atoms with van der Waals surface area (Å²) < 4.78 is 19.4. The van der Waals surface area contributed by atoms with Gasteiger partial charge in [-0.05, 0) is 36.8 Å². The van der Waals surface area contributed by atoms with Crippen molar-refractivity contribution in [3.63, 3.8) is 0 Å². The van der Waals surface area contributed by atoms with E-state index >= 15 is 0 Å². The van der Waals surface area contributed by atoms with Crippen molar-refractivity contribution < 1.29 is 13.9 Å². The van der Waals surface area contributed by atoms with Gasteiger partial charge in [0.25, 0.3) is 11.5 Å². The second kappa shape index (κ2) is 9.47. The number of piperazine rings is 1. The van der Waals surface area contributed by atoms with Crippen LogP contribution < -0.4 is 15.8 Å². The highest BCUT2D eigenvalue weighted by molar-refractivity contribution is 5.92. The molecular formula is C24H27FN6O3. The number of carbonyl (C=O) groups is 1. The number of carbonyl (C=O) groups excluding carboxylic acids is 1. The number of H-pyrrole nitrogens is 1. The Hall–Kier alpha value is -3.37. The van der Waals surface area contributed by atoms with Gasteiger partial charge in [-0.1, -0.05) is 0 Å². The highest BCUT2D eigenvalue weighted by Gasteiger charge is 2.32. The Labute approximate surface area is 196 Å². The zero-order chi connectivity index (χ0) is 23.7. The molecule has 1 amide bonds. The summed E-state index contributed by atoms with van der Waals surface area (Å²) in [6, 6.07) is 7.97. The predicted molar refractivity (Wildman–Crippen MR) is 126 cm³/mol. The van der Waals surface area contributed by atoms with Crippen LogP contribution in [0.4, 0.5) is 10.1 Å². The quantitative estimate of drug-likeness (QED) is 0.601. The van der Waals surface area contributed by atoms with E-state index in [4.69, 9.17) is 4.74 Å². The van der Waals surface area contributed by atoms with E-state index in [9.17, 15) is 14.0 Å². The van der Waals surface area contributed by atoms with Gasteiger partial charge >= 0.3 is 0 Å². The zero-order valence-electron chi connectivity index (χ0n) is 19.0. The normalized spacial score (nSPS) is 21.5. The largest absolute Gasteiger partial charge is 0.379 e. The molecule has 2 atom stereocenters. The van der Waals surface area contributed by atoms with Crippen molar-refractivity contribution in [3.05, 3.63) is 64.2 Å². The summed E-state index contributed by atoms with van der Waals surface area (Å²) in [7, 11) is 1.59. The van der Waals surface area contributed by atoms with Crippen LogP contribution in [0.25, 0.3) is 10.9 Å². The van der Waals surface area contributed by atoms with E-state index in [-0.39, 0.29) is 28.8 Å². The van der Waals surface area contributed by atoms with Gasteiger partial charge in [-0.2, -0.15) is 0 Å². The molecule has 9 nitrogen and oxygen atoms in total. The second-order valence-electron chi connectivity index (χ2n) is 8.74. The molecule has 0 saturated carbocycles. The van der Waals surface area contributed by atoms with E-state index in [1.54, 1.807) is 25.4 Å². The van der Waals surface area contributed by atoms with Gasteiger partial charge in [-0.3, -0.25) is 14.5 Å². The van der Waals surface area contributed by atoms with E-state index in [1.807, 2.05) is 6.07 Å². The van der Waals surface area contributed by atoms with Crippen LogP contribution in [0.1, 0.15) is 28.7 Å². The van der Waals surface area contributed by atoms with Crippen LogP contribution >= 0.6 is 0 Å². The van der Waals surface area contributed by atoms with Crippen molar-refractivity contribution >= 4 is 22.5 Å². The summed E-state index contributed by atoms with van der Waals surface area (Å²) in [4.78, 5) is 40.6. The summed E-state index contributed by atoms with van der Waals surface area (Å²) in [5, 5.41) is 2.83. The fraction of sp³-hybridized carbons (Fsp3) is 0.417. The fourth-order valence-electron chi connectivity index (χ4n) is 4.76. The third kappa shape index (κ3) is 4.51. The van der Waals surface area contributed by atoms with Crippen LogP contribution in [0.3, 0.4) is 0 Å². The standard InChI is InChI=1S/C24H27FN6O3/c1-26-24(33)21-5-3-17(12-27-21)30-6-8-31(9-7-30)18-10-15(13-34-14-18)22-28-20-4-2-16(25)11-19(20)23(32)29-22/h2-5,11-12,15,18H,6-10,13-14H2,1H3,(H,26,33)(H,28,29,32). The lowest BCUT2D eigenvalue weighted by atomic mass is 9.96. The summed E-state index contributed by atoms with van der Waals surface area (Å²) in [6.45, 7) is 4.58. The average Bonchev–Trinajstić information content (AvgIpc) is 2.89. The molecule has 2 unspecified atom stereocenters. The first-order valence-electron chi connectivity index (χ1n) is 11.5. The number of pyridine rings is 1. The number of ether oxygens (including phenoxy) is 1. The van der Waals surface area contributed by atoms with Gasteiger partial charge in [0, 0.05) is 45.2 Å². The molecule has 0 aliphatic carbocycles. The summed E-state index contributed by atoms with van der Waals surface area (Å²) in [5.41, 5.74) is 1.57. The van der Waals surface area contributed by atoms with Crippen molar-refractivity contribution in [1.29, 1.82) is 0 Å². The van der Waals surface area contributed by atoms with Crippen molar-refractivity contribution in [2.75, 3.05) is 51.3 Å². The summed E-state index contributed by atoms with van der Waals surface area (Å²) in [6.07, 6.45) is 2.58. The van der Waals surface area contributed by atoms with E-state index in [0.29, 0.717) is 30.2 Å². The minimum atomic E-state index is -0.453. The number of aromatic amines is 1. The minimum Gasteiger partial charge on any atom is -0.379 e. The van der Waals surface area contributed by atoms with Gasteiger partial charge in [0.1, 0.15) is 17.3 Å². The molecule has 2 N–H and O–H groups in total. The van der Waals surface area contributed by atoms with Gasteiger partial charge in [0.2, 0.25) is 0 Å². The third-order valence-corrected chi connectivity index (χ3v) is 6.66. The summed E-state index contributed by atoms with van der Waals surface area (Å²) >= 11 is 0. The van der Waals surface area contributed by atoms with Crippen LogP contribution in [0.2, 0.25) is 0 Å². The number of rotatable bonds is 4. The SMILES string of the molecule is CNC(=O)c1ccc(N2CCN(C3COCC(c4nc5ccc(F)cc5c(=O)[nH]4)C3)CC2)cn1. The van der Waals surface area contributed by atoms with Crippen LogP contribution in [-0.4, -0.2) is 78.2 Å². The number of hydrogen-bond acceptors (Lipinski definition) is 7. The van der Waals surface area contributed by atoms with Crippen LogP contribution in [0.15, 0.2) is 41.3 Å². The lowest BCUT2D eigenvalue weighted by molar-refractivity contribution is 0.00213.